The van der Waals surface area contributed by atoms with Gasteiger partial charge in [0.2, 0.25) is 5.43 Å². The van der Waals surface area contributed by atoms with E-state index in [4.69, 9.17) is 20.1 Å². The normalized spacial score (nSPS) is 19.2. The molecule has 1 saturated heterocycles. The molecule has 14 heteroatoms. The minimum absolute atomic E-state index is 0.0290. The highest BCUT2D eigenvalue weighted by molar-refractivity contribution is 6.10. The molecule has 1 aliphatic heterocycles. The number of halogens is 3. The van der Waals surface area contributed by atoms with Gasteiger partial charge in [-0.25, -0.2) is 9.18 Å². The lowest BCUT2D eigenvalue weighted by molar-refractivity contribution is -0.0488. The number of nitrogens with two attached hydrogens (primary N) is 1. The SMILES string of the molecule is CCO/N=C(/N)C1CN(c2c(F)cc3c(=O)c(C(=O)O)cn(C4CC4)c3c2OC(F)F)C/C1=N/OCC. The molecule has 1 unspecified atom stereocenters. The Morgan fingerprint density at radius 3 is 2.57 bits per heavy atom. The van der Waals surface area contributed by atoms with E-state index in [0.717, 1.165) is 12.3 Å². The average molecular weight is 525 g/mol. The largest absolute Gasteiger partial charge is 0.477 e. The summed E-state index contributed by atoms with van der Waals surface area (Å²) in [5.74, 6) is -3.80. The summed E-state index contributed by atoms with van der Waals surface area (Å²) in [5.41, 5.74) is 4.36. The molecule has 0 radical (unpaired) electrons. The lowest BCUT2D eigenvalue weighted by Crippen LogP contribution is -2.31. The number of carboxylic acids is 1. The Bertz CT molecular complexity index is 1320. The first kappa shape index (κ1) is 26.1. The molecule has 1 aromatic heterocycles. The molecule has 11 nitrogen and oxygen atoms in total. The predicted molar refractivity (Wildman–Crippen MR) is 128 cm³/mol. The van der Waals surface area contributed by atoms with Gasteiger partial charge < -0.3 is 34.7 Å². The molecule has 4 rings (SSSR count). The number of oxime groups is 2. The van der Waals surface area contributed by atoms with Gasteiger partial charge in [0, 0.05) is 18.8 Å². The van der Waals surface area contributed by atoms with Gasteiger partial charge in [0.05, 0.1) is 29.1 Å². The van der Waals surface area contributed by atoms with Crippen molar-refractivity contribution in [2.24, 2.45) is 22.0 Å². The van der Waals surface area contributed by atoms with Gasteiger partial charge in [0.25, 0.3) is 0 Å². The third-order valence-electron chi connectivity index (χ3n) is 6.02. The maximum absolute atomic E-state index is 15.6. The van der Waals surface area contributed by atoms with Gasteiger partial charge in [-0.15, -0.1) is 0 Å². The number of rotatable bonds is 10. The molecule has 3 N–H and O–H groups in total. The van der Waals surface area contributed by atoms with Crippen molar-refractivity contribution in [1.82, 2.24) is 4.57 Å². The summed E-state index contributed by atoms with van der Waals surface area (Å²) < 4.78 is 49.1. The van der Waals surface area contributed by atoms with Gasteiger partial charge in [-0.05, 0) is 32.8 Å². The Morgan fingerprint density at radius 2 is 1.97 bits per heavy atom. The molecule has 0 bridgehead atoms. The van der Waals surface area contributed by atoms with Crippen LogP contribution in [0.25, 0.3) is 10.9 Å². The summed E-state index contributed by atoms with van der Waals surface area (Å²) >= 11 is 0. The molecule has 200 valence electrons. The van der Waals surface area contributed by atoms with E-state index in [1.165, 1.54) is 9.47 Å². The highest BCUT2D eigenvalue weighted by Gasteiger charge is 2.38. The summed E-state index contributed by atoms with van der Waals surface area (Å²) in [7, 11) is 0. The maximum Gasteiger partial charge on any atom is 0.387 e. The van der Waals surface area contributed by atoms with Crippen LogP contribution in [0.2, 0.25) is 0 Å². The van der Waals surface area contributed by atoms with Crippen molar-refractivity contribution in [3.05, 3.63) is 33.9 Å². The number of nitrogens with zero attached hydrogens (tertiary/aromatic N) is 4. The lowest BCUT2D eigenvalue weighted by Gasteiger charge is -2.25. The fourth-order valence-corrected chi connectivity index (χ4v) is 4.30. The van der Waals surface area contributed by atoms with E-state index >= 15 is 4.39 Å². The number of amidine groups is 1. The molecule has 37 heavy (non-hydrogen) atoms. The number of anilines is 1. The van der Waals surface area contributed by atoms with Crippen LogP contribution in [0.4, 0.5) is 18.9 Å². The van der Waals surface area contributed by atoms with E-state index in [1.807, 2.05) is 0 Å². The molecule has 1 atom stereocenters. The number of hydrogen-bond donors (Lipinski definition) is 2. The van der Waals surface area contributed by atoms with Crippen LogP contribution in [0.3, 0.4) is 0 Å². The van der Waals surface area contributed by atoms with Crippen molar-refractivity contribution in [2.75, 3.05) is 31.2 Å². The molecule has 2 aromatic rings. The molecule has 2 fully saturated rings. The first-order valence-electron chi connectivity index (χ1n) is 11.7. The fraction of sp³-hybridized carbons (Fsp3) is 0.478. The van der Waals surface area contributed by atoms with Gasteiger partial charge >= 0.3 is 12.6 Å². The zero-order valence-electron chi connectivity index (χ0n) is 20.1. The quantitative estimate of drug-likeness (QED) is 0.274. The highest BCUT2D eigenvalue weighted by Crippen LogP contribution is 2.45. The van der Waals surface area contributed by atoms with E-state index in [2.05, 4.69) is 10.3 Å². The Balaban J connectivity index is 1.93. The smallest absolute Gasteiger partial charge is 0.387 e. The number of carbonyl (C=O) groups is 1. The second-order valence-corrected chi connectivity index (χ2v) is 8.49. The van der Waals surface area contributed by atoms with Crippen molar-refractivity contribution in [3.8, 4) is 5.75 Å². The number of pyridine rings is 1. The van der Waals surface area contributed by atoms with Gasteiger partial charge in [-0.2, -0.15) is 8.78 Å². The monoisotopic (exact) mass is 525 g/mol. The number of carboxylic acid groups (broad SMARTS) is 1. The number of aromatic carboxylic acids is 1. The lowest BCUT2D eigenvalue weighted by atomic mass is 10.1. The minimum Gasteiger partial charge on any atom is -0.477 e. The number of ether oxygens (including phenoxy) is 1. The number of alkyl halides is 2. The number of benzene rings is 1. The van der Waals surface area contributed by atoms with Crippen LogP contribution in [0.1, 0.15) is 43.1 Å². The summed E-state index contributed by atoms with van der Waals surface area (Å²) in [6, 6.07) is 0.593. The number of aromatic nitrogens is 1. The maximum atomic E-state index is 15.6. The molecule has 1 saturated carbocycles. The first-order valence-corrected chi connectivity index (χ1v) is 11.7. The van der Waals surface area contributed by atoms with Crippen molar-refractivity contribution in [3.63, 3.8) is 0 Å². The second-order valence-electron chi connectivity index (χ2n) is 8.49. The Kier molecular flexibility index (Phi) is 7.45. The fourth-order valence-electron chi connectivity index (χ4n) is 4.30. The van der Waals surface area contributed by atoms with Crippen LogP contribution in [0.15, 0.2) is 27.4 Å². The average Bonchev–Trinajstić information content (AvgIpc) is 3.60. The van der Waals surface area contributed by atoms with E-state index < -0.39 is 41.1 Å². The summed E-state index contributed by atoms with van der Waals surface area (Å²) in [6.07, 6.45) is 2.34. The topological polar surface area (TPSA) is 141 Å². The highest BCUT2D eigenvalue weighted by atomic mass is 19.3. The van der Waals surface area contributed by atoms with Crippen LogP contribution in [0.5, 0.6) is 5.75 Å². The number of fused-ring (bicyclic) bond motifs is 1. The third-order valence-corrected chi connectivity index (χ3v) is 6.02. The molecule has 2 heterocycles. The van der Waals surface area contributed by atoms with Crippen LogP contribution < -0.4 is 20.8 Å². The molecule has 2 aliphatic rings. The molecule has 1 aliphatic carbocycles. The standard InChI is InChI=1S/C23H26F3N5O6/c1-3-35-28-16-10-30(8-13(16)21(27)29-36-4-2)18-15(24)7-12-17(20(18)37-23(25)26)31(11-5-6-11)9-14(19(12)32)22(33)34/h7,9,11,13,23H,3-6,8,10H2,1-2H3,(H2,27,29)(H,33,34)/b28-16-. The van der Waals surface area contributed by atoms with Crippen LogP contribution >= 0.6 is 0 Å². The zero-order valence-corrected chi connectivity index (χ0v) is 20.1. The second kappa shape index (κ2) is 10.6. The van der Waals surface area contributed by atoms with Crippen molar-refractivity contribution >= 4 is 34.1 Å². The molecular weight excluding hydrogens is 499 g/mol. The van der Waals surface area contributed by atoms with Crippen LogP contribution in [-0.2, 0) is 9.68 Å². The molecule has 0 amide bonds. The Hall–Kier alpha value is -3.97. The summed E-state index contributed by atoms with van der Waals surface area (Å²) in [5, 5.41) is 17.0. The number of hydrogen-bond acceptors (Lipinski definition) is 8. The van der Waals surface area contributed by atoms with Gasteiger partial charge in [-0.3, -0.25) is 4.79 Å². The van der Waals surface area contributed by atoms with Gasteiger partial charge in [0.15, 0.2) is 11.6 Å². The van der Waals surface area contributed by atoms with Crippen molar-refractivity contribution in [1.29, 1.82) is 0 Å². The minimum atomic E-state index is -3.36. The van der Waals surface area contributed by atoms with E-state index in [1.54, 1.807) is 13.8 Å². The summed E-state index contributed by atoms with van der Waals surface area (Å²) in [6.45, 7) is 0.447. The summed E-state index contributed by atoms with van der Waals surface area (Å²) in [4.78, 5) is 36.1. The van der Waals surface area contributed by atoms with Gasteiger partial charge in [0.1, 0.15) is 30.3 Å². The predicted octanol–water partition coefficient (Wildman–Crippen LogP) is 2.91. The van der Waals surface area contributed by atoms with Crippen LogP contribution in [-0.4, -0.2) is 60.1 Å². The van der Waals surface area contributed by atoms with Crippen molar-refractivity contribution in [2.45, 2.75) is 39.3 Å². The first-order chi connectivity index (χ1) is 17.7. The van der Waals surface area contributed by atoms with Crippen molar-refractivity contribution < 1.29 is 37.5 Å². The molecular formula is C23H26F3N5O6. The van der Waals surface area contributed by atoms with E-state index in [9.17, 15) is 23.5 Å². The Labute approximate surface area is 208 Å². The van der Waals surface area contributed by atoms with E-state index in [-0.39, 0.29) is 54.8 Å². The third kappa shape index (κ3) is 5.13. The van der Waals surface area contributed by atoms with Crippen LogP contribution in [0, 0.1) is 11.7 Å². The van der Waals surface area contributed by atoms with Gasteiger partial charge in [-0.1, -0.05) is 10.3 Å². The molecule has 1 aromatic carbocycles. The zero-order chi connectivity index (χ0) is 26.9. The van der Waals surface area contributed by atoms with E-state index in [0.29, 0.717) is 18.6 Å². The Morgan fingerprint density at radius 1 is 1.27 bits per heavy atom. The molecule has 0 spiro atoms.